The predicted molar refractivity (Wildman–Crippen MR) is 74.9 cm³/mol. The van der Waals surface area contributed by atoms with Crippen LogP contribution < -0.4 is 14.8 Å². The number of para-hydroxylation sites is 2. The summed E-state index contributed by atoms with van der Waals surface area (Å²) < 4.78 is 16.8. The molecule has 0 heterocycles. The molecule has 1 aliphatic rings. The molecule has 19 heavy (non-hydrogen) atoms. The van der Waals surface area contributed by atoms with E-state index in [1.807, 2.05) is 31.2 Å². The fourth-order valence-electron chi connectivity index (χ4n) is 1.91. The first-order valence-corrected chi connectivity index (χ1v) is 6.94. The molecule has 4 heteroatoms. The summed E-state index contributed by atoms with van der Waals surface area (Å²) >= 11 is 0. The second-order valence-corrected chi connectivity index (χ2v) is 4.76. The van der Waals surface area contributed by atoms with Crippen LogP contribution in [-0.2, 0) is 4.74 Å². The van der Waals surface area contributed by atoms with Crippen LogP contribution in [0, 0.1) is 0 Å². The Kier molecular flexibility index (Phi) is 5.48. The highest BCUT2D eigenvalue weighted by Gasteiger charge is 2.22. The summed E-state index contributed by atoms with van der Waals surface area (Å²) in [5.74, 6) is 1.57. The summed E-state index contributed by atoms with van der Waals surface area (Å²) in [6.45, 7) is 3.98. The SMILES string of the molecule is CCOc1ccccc1OC(CNC1CC1)COC. The lowest BCUT2D eigenvalue weighted by atomic mass is 10.3. The Morgan fingerprint density at radius 2 is 2.00 bits per heavy atom. The zero-order chi connectivity index (χ0) is 13.5. The van der Waals surface area contributed by atoms with Crippen molar-refractivity contribution in [3.63, 3.8) is 0 Å². The Balaban J connectivity index is 1.93. The van der Waals surface area contributed by atoms with E-state index in [2.05, 4.69) is 5.32 Å². The molecule has 1 aromatic carbocycles. The molecule has 2 rings (SSSR count). The Labute approximate surface area is 115 Å². The van der Waals surface area contributed by atoms with Crippen LogP contribution in [0.4, 0.5) is 0 Å². The molecule has 0 radical (unpaired) electrons. The fraction of sp³-hybridized carbons (Fsp3) is 0.600. The summed E-state index contributed by atoms with van der Waals surface area (Å²) in [6.07, 6.45) is 2.55. The van der Waals surface area contributed by atoms with Crippen molar-refractivity contribution in [2.75, 3.05) is 26.9 Å². The van der Waals surface area contributed by atoms with Crippen molar-refractivity contribution in [2.45, 2.75) is 31.9 Å². The molecule has 1 saturated carbocycles. The van der Waals surface area contributed by atoms with Crippen LogP contribution >= 0.6 is 0 Å². The Morgan fingerprint density at radius 1 is 1.26 bits per heavy atom. The Morgan fingerprint density at radius 3 is 2.63 bits per heavy atom. The van der Waals surface area contributed by atoms with Crippen LogP contribution in [0.25, 0.3) is 0 Å². The maximum atomic E-state index is 6.00. The molecule has 4 nitrogen and oxygen atoms in total. The maximum absolute atomic E-state index is 6.00. The topological polar surface area (TPSA) is 39.7 Å². The van der Waals surface area contributed by atoms with Crippen LogP contribution in [0.15, 0.2) is 24.3 Å². The second-order valence-electron chi connectivity index (χ2n) is 4.76. The van der Waals surface area contributed by atoms with Gasteiger partial charge in [0.1, 0.15) is 6.10 Å². The standard InChI is InChI=1S/C15H23NO3/c1-3-18-14-6-4-5-7-15(14)19-13(11-17-2)10-16-12-8-9-12/h4-7,12-13,16H,3,8-11H2,1-2H3. The average molecular weight is 265 g/mol. The minimum Gasteiger partial charge on any atom is -0.490 e. The minimum atomic E-state index is 0.00667. The lowest BCUT2D eigenvalue weighted by Crippen LogP contribution is -2.36. The molecule has 1 fully saturated rings. The number of ether oxygens (including phenoxy) is 3. The van der Waals surface area contributed by atoms with Crippen LogP contribution in [0.2, 0.25) is 0 Å². The van der Waals surface area contributed by atoms with Gasteiger partial charge in [-0.3, -0.25) is 0 Å². The molecular formula is C15H23NO3. The van der Waals surface area contributed by atoms with E-state index in [1.165, 1.54) is 12.8 Å². The number of methoxy groups -OCH3 is 1. The summed E-state index contributed by atoms with van der Waals surface area (Å²) in [5.41, 5.74) is 0. The van der Waals surface area contributed by atoms with Gasteiger partial charge in [0.2, 0.25) is 0 Å². The zero-order valence-corrected chi connectivity index (χ0v) is 11.7. The number of benzene rings is 1. The van der Waals surface area contributed by atoms with Gasteiger partial charge in [0, 0.05) is 19.7 Å². The summed E-state index contributed by atoms with van der Waals surface area (Å²) in [7, 11) is 1.70. The van der Waals surface area contributed by atoms with E-state index in [0.29, 0.717) is 19.3 Å². The van der Waals surface area contributed by atoms with Crippen molar-refractivity contribution in [1.29, 1.82) is 0 Å². The number of rotatable bonds is 9. The van der Waals surface area contributed by atoms with E-state index in [1.54, 1.807) is 7.11 Å². The van der Waals surface area contributed by atoms with Crippen molar-refractivity contribution in [1.82, 2.24) is 5.32 Å². The first kappa shape index (κ1) is 14.2. The Bertz CT molecular complexity index is 379. The van der Waals surface area contributed by atoms with Gasteiger partial charge in [-0.1, -0.05) is 12.1 Å². The molecule has 1 unspecified atom stereocenters. The molecule has 1 N–H and O–H groups in total. The smallest absolute Gasteiger partial charge is 0.161 e. The third kappa shape index (κ3) is 4.73. The highest BCUT2D eigenvalue weighted by molar-refractivity contribution is 5.39. The monoisotopic (exact) mass is 265 g/mol. The molecule has 1 atom stereocenters. The highest BCUT2D eigenvalue weighted by Crippen LogP contribution is 2.27. The predicted octanol–water partition coefficient (Wildman–Crippen LogP) is 2.23. The number of hydrogen-bond acceptors (Lipinski definition) is 4. The van der Waals surface area contributed by atoms with E-state index < -0.39 is 0 Å². The average Bonchev–Trinajstić information content (AvgIpc) is 3.23. The van der Waals surface area contributed by atoms with Crippen molar-refractivity contribution in [3.8, 4) is 11.5 Å². The van der Waals surface area contributed by atoms with E-state index in [-0.39, 0.29) is 6.10 Å². The first-order valence-electron chi connectivity index (χ1n) is 6.94. The van der Waals surface area contributed by atoms with E-state index in [4.69, 9.17) is 14.2 Å². The minimum absolute atomic E-state index is 0.00667. The second kappa shape index (κ2) is 7.36. The molecule has 106 valence electrons. The lowest BCUT2D eigenvalue weighted by molar-refractivity contribution is 0.0779. The molecule has 0 aromatic heterocycles. The third-order valence-electron chi connectivity index (χ3n) is 3.01. The number of hydrogen-bond donors (Lipinski definition) is 1. The van der Waals surface area contributed by atoms with Gasteiger partial charge in [0.05, 0.1) is 13.2 Å². The van der Waals surface area contributed by atoms with Crippen molar-refractivity contribution in [3.05, 3.63) is 24.3 Å². The third-order valence-corrected chi connectivity index (χ3v) is 3.01. The van der Waals surface area contributed by atoms with Crippen LogP contribution in [-0.4, -0.2) is 39.0 Å². The zero-order valence-electron chi connectivity index (χ0n) is 11.7. The first-order chi connectivity index (χ1) is 9.33. The van der Waals surface area contributed by atoms with Crippen molar-refractivity contribution in [2.24, 2.45) is 0 Å². The number of nitrogens with one attached hydrogen (secondary N) is 1. The summed E-state index contributed by atoms with van der Waals surface area (Å²) in [5, 5.41) is 3.47. The van der Waals surface area contributed by atoms with Gasteiger partial charge in [-0.25, -0.2) is 0 Å². The van der Waals surface area contributed by atoms with E-state index in [0.717, 1.165) is 18.0 Å². The maximum Gasteiger partial charge on any atom is 0.161 e. The normalized spacial score (nSPS) is 16.1. The highest BCUT2D eigenvalue weighted by atomic mass is 16.5. The molecule has 0 aliphatic heterocycles. The van der Waals surface area contributed by atoms with E-state index >= 15 is 0 Å². The van der Waals surface area contributed by atoms with Gasteiger partial charge in [-0.15, -0.1) is 0 Å². The fourth-order valence-corrected chi connectivity index (χ4v) is 1.91. The van der Waals surface area contributed by atoms with Gasteiger partial charge in [0.25, 0.3) is 0 Å². The molecular weight excluding hydrogens is 242 g/mol. The summed E-state index contributed by atoms with van der Waals surface area (Å²) in [6, 6.07) is 8.44. The quantitative estimate of drug-likeness (QED) is 0.743. The van der Waals surface area contributed by atoms with Gasteiger partial charge < -0.3 is 19.5 Å². The molecule has 0 amide bonds. The van der Waals surface area contributed by atoms with Gasteiger partial charge in [-0.2, -0.15) is 0 Å². The van der Waals surface area contributed by atoms with Gasteiger partial charge in [-0.05, 0) is 31.9 Å². The molecule has 1 aromatic rings. The van der Waals surface area contributed by atoms with Gasteiger partial charge in [0.15, 0.2) is 11.5 Å². The molecule has 0 bridgehead atoms. The molecule has 0 saturated heterocycles. The lowest BCUT2D eigenvalue weighted by Gasteiger charge is -2.20. The van der Waals surface area contributed by atoms with Crippen LogP contribution in [0.5, 0.6) is 11.5 Å². The van der Waals surface area contributed by atoms with Gasteiger partial charge >= 0.3 is 0 Å². The van der Waals surface area contributed by atoms with Crippen molar-refractivity contribution >= 4 is 0 Å². The Hall–Kier alpha value is -1.26. The molecule has 1 aliphatic carbocycles. The largest absolute Gasteiger partial charge is 0.490 e. The van der Waals surface area contributed by atoms with Crippen LogP contribution in [0.3, 0.4) is 0 Å². The van der Waals surface area contributed by atoms with E-state index in [9.17, 15) is 0 Å². The van der Waals surface area contributed by atoms with Crippen LogP contribution in [0.1, 0.15) is 19.8 Å². The van der Waals surface area contributed by atoms with Crippen molar-refractivity contribution < 1.29 is 14.2 Å². The summed E-state index contributed by atoms with van der Waals surface area (Å²) in [4.78, 5) is 0. The molecule has 0 spiro atoms.